The molecule has 0 saturated carbocycles. The standard InChI is InChI=1S/C18H22BrNO2/c1-4-22-18-9-15(16(19)10-17(18)21-3)12-20-11-14-7-5-13(2)6-8-14/h5-10,20H,4,11-12H2,1-3H3. The third-order valence-corrected chi connectivity index (χ3v) is 4.14. The number of hydrogen-bond acceptors (Lipinski definition) is 3. The summed E-state index contributed by atoms with van der Waals surface area (Å²) < 4.78 is 12.0. The molecule has 0 aromatic heterocycles. The van der Waals surface area contributed by atoms with Crippen molar-refractivity contribution in [1.82, 2.24) is 5.32 Å². The zero-order valence-electron chi connectivity index (χ0n) is 13.3. The molecule has 0 spiro atoms. The second-order valence-electron chi connectivity index (χ2n) is 5.12. The second-order valence-corrected chi connectivity index (χ2v) is 5.97. The largest absolute Gasteiger partial charge is 0.493 e. The van der Waals surface area contributed by atoms with Crippen molar-refractivity contribution in [2.24, 2.45) is 0 Å². The minimum Gasteiger partial charge on any atom is -0.493 e. The van der Waals surface area contributed by atoms with Crippen LogP contribution in [0.15, 0.2) is 40.9 Å². The maximum atomic E-state index is 5.63. The molecule has 0 saturated heterocycles. The van der Waals surface area contributed by atoms with E-state index in [0.717, 1.165) is 34.6 Å². The highest BCUT2D eigenvalue weighted by Gasteiger charge is 2.09. The number of rotatable bonds is 7. The van der Waals surface area contributed by atoms with Crippen LogP contribution in [0.4, 0.5) is 0 Å². The SMILES string of the molecule is CCOc1cc(CNCc2ccc(C)cc2)c(Br)cc1OC. The Morgan fingerprint density at radius 2 is 1.77 bits per heavy atom. The lowest BCUT2D eigenvalue weighted by atomic mass is 10.1. The fourth-order valence-corrected chi connectivity index (χ4v) is 2.65. The normalized spacial score (nSPS) is 10.5. The number of ether oxygens (including phenoxy) is 2. The van der Waals surface area contributed by atoms with Crippen LogP contribution in [0.5, 0.6) is 11.5 Å². The van der Waals surface area contributed by atoms with Gasteiger partial charge in [-0.1, -0.05) is 45.8 Å². The molecular formula is C18H22BrNO2. The summed E-state index contributed by atoms with van der Waals surface area (Å²) in [7, 11) is 1.65. The van der Waals surface area contributed by atoms with E-state index in [0.29, 0.717) is 6.61 Å². The fourth-order valence-electron chi connectivity index (χ4n) is 2.19. The molecule has 0 bridgehead atoms. The van der Waals surface area contributed by atoms with E-state index in [2.05, 4.69) is 52.4 Å². The first-order chi connectivity index (χ1) is 10.6. The summed E-state index contributed by atoms with van der Waals surface area (Å²) in [6.07, 6.45) is 0. The Morgan fingerprint density at radius 1 is 1.05 bits per heavy atom. The average molecular weight is 364 g/mol. The molecule has 3 nitrogen and oxygen atoms in total. The van der Waals surface area contributed by atoms with Crippen LogP contribution >= 0.6 is 15.9 Å². The van der Waals surface area contributed by atoms with Gasteiger partial charge in [-0.2, -0.15) is 0 Å². The maximum absolute atomic E-state index is 5.63. The van der Waals surface area contributed by atoms with Crippen molar-refractivity contribution < 1.29 is 9.47 Å². The van der Waals surface area contributed by atoms with Gasteiger partial charge in [0.2, 0.25) is 0 Å². The number of nitrogens with one attached hydrogen (secondary N) is 1. The van der Waals surface area contributed by atoms with Crippen LogP contribution in [0, 0.1) is 6.92 Å². The van der Waals surface area contributed by atoms with Gasteiger partial charge >= 0.3 is 0 Å². The zero-order valence-corrected chi connectivity index (χ0v) is 14.9. The van der Waals surface area contributed by atoms with E-state index < -0.39 is 0 Å². The number of methoxy groups -OCH3 is 1. The molecule has 0 heterocycles. The van der Waals surface area contributed by atoms with Crippen molar-refractivity contribution in [3.8, 4) is 11.5 Å². The molecule has 0 aliphatic rings. The molecule has 0 unspecified atom stereocenters. The van der Waals surface area contributed by atoms with Gasteiger partial charge in [0.1, 0.15) is 0 Å². The Hall–Kier alpha value is -1.52. The van der Waals surface area contributed by atoms with E-state index >= 15 is 0 Å². The molecule has 2 aromatic rings. The van der Waals surface area contributed by atoms with Gasteiger partial charge in [-0.25, -0.2) is 0 Å². The maximum Gasteiger partial charge on any atom is 0.161 e. The lowest BCUT2D eigenvalue weighted by molar-refractivity contribution is 0.310. The smallest absolute Gasteiger partial charge is 0.161 e. The van der Waals surface area contributed by atoms with Gasteiger partial charge in [0.05, 0.1) is 13.7 Å². The van der Waals surface area contributed by atoms with Gasteiger partial charge in [-0.15, -0.1) is 0 Å². The summed E-state index contributed by atoms with van der Waals surface area (Å²) >= 11 is 3.59. The highest BCUT2D eigenvalue weighted by atomic mass is 79.9. The van der Waals surface area contributed by atoms with Gasteiger partial charge < -0.3 is 14.8 Å². The van der Waals surface area contributed by atoms with Crippen molar-refractivity contribution in [2.45, 2.75) is 26.9 Å². The summed E-state index contributed by atoms with van der Waals surface area (Å²) in [6, 6.07) is 12.5. The van der Waals surface area contributed by atoms with Crippen molar-refractivity contribution in [3.63, 3.8) is 0 Å². The van der Waals surface area contributed by atoms with E-state index in [1.165, 1.54) is 11.1 Å². The van der Waals surface area contributed by atoms with E-state index in [4.69, 9.17) is 9.47 Å². The third-order valence-electron chi connectivity index (χ3n) is 3.40. The lowest BCUT2D eigenvalue weighted by Gasteiger charge is -2.13. The molecule has 4 heteroatoms. The predicted molar refractivity (Wildman–Crippen MR) is 93.6 cm³/mol. The molecular weight excluding hydrogens is 342 g/mol. The fraction of sp³-hybridized carbons (Fsp3) is 0.333. The zero-order chi connectivity index (χ0) is 15.9. The summed E-state index contributed by atoms with van der Waals surface area (Å²) in [4.78, 5) is 0. The first-order valence-corrected chi connectivity index (χ1v) is 8.18. The molecule has 118 valence electrons. The van der Waals surface area contributed by atoms with Crippen LogP contribution in [0.3, 0.4) is 0 Å². The highest BCUT2D eigenvalue weighted by Crippen LogP contribution is 2.33. The minimum atomic E-state index is 0.619. The van der Waals surface area contributed by atoms with Crippen molar-refractivity contribution in [1.29, 1.82) is 0 Å². The first kappa shape index (κ1) is 16.8. The van der Waals surface area contributed by atoms with Crippen LogP contribution in [-0.2, 0) is 13.1 Å². The van der Waals surface area contributed by atoms with Crippen LogP contribution in [0.2, 0.25) is 0 Å². The number of hydrogen-bond donors (Lipinski definition) is 1. The van der Waals surface area contributed by atoms with Crippen LogP contribution < -0.4 is 14.8 Å². The predicted octanol–water partition coefficient (Wildman–Crippen LogP) is 4.45. The second kappa shape index (κ2) is 8.20. The van der Waals surface area contributed by atoms with E-state index in [-0.39, 0.29) is 0 Å². The van der Waals surface area contributed by atoms with Gasteiger partial charge in [0.25, 0.3) is 0 Å². The molecule has 0 aliphatic heterocycles. The summed E-state index contributed by atoms with van der Waals surface area (Å²) in [6.45, 7) is 6.28. The first-order valence-electron chi connectivity index (χ1n) is 7.39. The van der Waals surface area contributed by atoms with Crippen molar-refractivity contribution >= 4 is 15.9 Å². The number of benzene rings is 2. The Morgan fingerprint density at radius 3 is 2.41 bits per heavy atom. The third kappa shape index (κ3) is 4.49. The molecule has 0 atom stereocenters. The van der Waals surface area contributed by atoms with E-state index in [1.54, 1.807) is 7.11 Å². The topological polar surface area (TPSA) is 30.5 Å². The van der Waals surface area contributed by atoms with E-state index in [1.807, 2.05) is 19.1 Å². The molecule has 1 N–H and O–H groups in total. The number of aryl methyl sites for hydroxylation is 1. The Balaban J connectivity index is 2.02. The molecule has 0 amide bonds. The summed E-state index contributed by atoms with van der Waals surface area (Å²) in [5, 5.41) is 3.46. The Kier molecular flexibility index (Phi) is 6.28. The Labute approximate surface area is 140 Å². The van der Waals surface area contributed by atoms with Crippen LogP contribution in [-0.4, -0.2) is 13.7 Å². The lowest BCUT2D eigenvalue weighted by Crippen LogP contribution is -2.13. The molecule has 22 heavy (non-hydrogen) atoms. The number of halogens is 1. The Bertz CT molecular complexity index is 611. The quantitative estimate of drug-likeness (QED) is 0.787. The van der Waals surface area contributed by atoms with E-state index in [9.17, 15) is 0 Å². The highest BCUT2D eigenvalue weighted by molar-refractivity contribution is 9.10. The van der Waals surface area contributed by atoms with Crippen LogP contribution in [0.1, 0.15) is 23.6 Å². The molecule has 0 fully saturated rings. The minimum absolute atomic E-state index is 0.619. The summed E-state index contributed by atoms with van der Waals surface area (Å²) in [5.74, 6) is 1.52. The van der Waals surface area contributed by atoms with Crippen LogP contribution in [0.25, 0.3) is 0 Å². The van der Waals surface area contributed by atoms with Gasteiger partial charge in [-0.3, -0.25) is 0 Å². The molecule has 2 aromatic carbocycles. The van der Waals surface area contributed by atoms with Crippen molar-refractivity contribution in [3.05, 3.63) is 57.6 Å². The van der Waals surface area contributed by atoms with Gasteiger partial charge in [0.15, 0.2) is 11.5 Å². The monoisotopic (exact) mass is 363 g/mol. The average Bonchev–Trinajstić information content (AvgIpc) is 2.52. The molecule has 0 radical (unpaired) electrons. The molecule has 0 aliphatic carbocycles. The van der Waals surface area contributed by atoms with Gasteiger partial charge in [-0.05, 0) is 37.1 Å². The van der Waals surface area contributed by atoms with Gasteiger partial charge in [0, 0.05) is 17.6 Å². The van der Waals surface area contributed by atoms with Crippen molar-refractivity contribution in [2.75, 3.05) is 13.7 Å². The summed E-state index contributed by atoms with van der Waals surface area (Å²) in [5.41, 5.74) is 3.71. The molecule has 2 rings (SSSR count).